The summed E-state index contributed by atoms with van der Waals surface area (Å²) >= 11 is 0. The van der Waals surface area contributed by atoms with Gasteiger partial charge in [0.1, 0.15) is 23.7 Å². The summed E-state index contributed by atoms with van der Waals surface area (Å²) in [5.41, 5.74) is 7.29. The smallest absolute Gasteiger partial charge is 0.407 e. The Morgan fingerprint density at radius 1 is 0.708 bits per heavy atom. The fourth-order valence-electron chi connectivity index (χ4n) is 9.40. The molecule has 1 unspecified atom stereocenters. The van der Waals surface area contributed by atoms with E-state index in [0.717, 1.165) is 68.7 Å². The van der Waals surface area contributed by atoms with Gasteiger partial charge in [-0.2, -0.15) is 0 Å². The summed E-state index contributed by atoms with van der Waals surface area (Å²) < 4.78 is 15.3. The van der Waals surface area contributed by atoms with Crippen molar-refractivity contribution in [1.29, 1.82) is 0 Å². The van der Waals surface area contributed by atoms with Crippen molar-refractivity contribution in [3.8, 4) is 33.6 Å². The average molecular weight is 877 g/mol. The highest BCUT2D eigenvalue weighted by molar-refractivity contribution is 5.91. The standard InChI is InChI=1S/C50H52N8O7/c1-30-24-42(58(29-30)48(60)43(55-49(61)63-2)33-8-5-4-6-9-33)46-52-27-39(53-46)32-13-11-31(12-14-32)35-15-16-37-26-38(18-17-36(37)25-35)40-28-51-45(54-40)41-10-7-21-57(41)47(59)44(56-50(62)64-3)34-19-22-65-23-20-34/h4-6,8-9,11-18,25-28,34,41-44H,1,7,10,19-24,29H2,2-3H3,(H,51,54)(H,52,53)(H,55,61)(H,56,62)/t41-,42-,43?,44-/m0/s1. The Balaban J connectivity index is 0.876. The highest BCUT2D eigenvalue weighted by Gasteiger charge is 2.41. The lowest BCUT2D eigenvalue weighted by Gasteiger charge is -2.34. The fourth-order valence-corrected chi connectivity index (χ4v) is 9.40. The third kappa shape index (κ3) is 9.09. The van der Waals surface area contributed by atoms with Crippen LogP contribution in [0.15, 0.2) is 116 Å². The summed E-state index contributed by atoms with van der Waals surface area (Å²) in [6.45, 7) is 6.22. The molecule has 4 aromatic carbocycles. The van der Waals surface area contributed by atoms with Gasteiger partial charge in [-0.3, -0.25) is 9.59 Å². The Hall–Kier alpha value is -7.26. The van der Waals surface area contributed by atoms with Gasteiger partial charge in [0.25, 0.3) is 5.91 Å². The van der Waals surface area contributed by atoms with Crippen molar-refractivity contribution < 1.29 is 33.4 Å². The number of hydrogen-bond donors (Lipinski definition) is 4. The molecule has 5 heterocycles. The molecule has 0 bridgehead atoms. The van der Waals surface area contributed by atoms with E-state index in [1.54, 1.807) is 23.2 Å². The van der Waals surface area contributed by atoms with Gasteiger partial charge < -0.3 is 44.6 Å². The second-order valence-electron chi connectivity index (χ2n) is 16.9. The van der Waals surface area contributed by atoms with Crippen LogP contribution >= 0.6 is 0 Å². The molecule has 0 aliphatic carbocycles. The van der Waals surface area contributed by atoms with Crippen molar-refractivity contribution >= 4 is 34.8 Å². The Labute approximate surface area is 376 Å². The minimum atomic E-state index is -0.935. The summed E-state index contributed by atoms with van der Waals surface area (Å²) in [6, 6.07) is 27.9. The van der Waals surface area contributed by atoms with E-state index in [-0.39, 0.29) is 29.8 Å². The zero-order valence-corrected chi connectivity index (χ0v) is 36.4. The van der Waals surface area contributed by atoms with Crippen molar-refractivity contribution in [3.05, 3.63) is 133 Å². The summed E-state index contributed by atoms with van der Waals surface area (Å²) in [5, 5.41) is 7.69. The molecule has 9 rings (SSSR count). The number of aromatic nitrogens is 4. The van der Waals surface area contributed by atoms with Crippen molar-refractivity contribution in [2.24, 2.45) is 5.92 Å². The van der Waals surface area contributed by atoms with Crippen LogP contribution in [0.5, 0.6) is 0 Å². The molecular formula is C50H52N8O7. The van der Waals surface area contributed by atoms with Crippen LogP contribution in [-0.4, -0.2) is 100 Å². The number of ether oxygens (including phenoxy) is 3. The molecule has 2 aromatic heterocycles. The van der Waals surface area contributed by atoms with E-state index in [9.17, 15) is 19.2 Å². The highest BCUT2D eigenvalue weighted by Crippen LogP contribution is 2.38. The fraction of sp³-hybridized carbons (Fsp3) is 0.320. The Morgan fingerprint density at radius 3 is 2.00 bits per heavy atom. The molecule has 15 nitrogen and oxygen atoms in total. The lowest BCUT2D eigenvalue weighted by Crippen LogP contribution is -2.53. The van der Waals surface area contributed by atoms with Crippen molar-refractivity contribution in [1.82, 2.24) is 40.4 Å². The van der Waals surface area contributed by atoms with Crippen LogP contribution in [-0.2, 0) is 23.8 Å². The molecule has 3 fully saturated rings. The number of benzene rings is 4. The molecule has 0 saturated carbocycles. The van der Waals surface area contributed by atoms with Crippen LogP contribution < -0.4 is 10.6 Å². The van der Waals surface area contributed by atoms with E-state index in [2.05, 4.69) is 87.8 Å². The molecule has 3 aliphatic rings. The molecule has 3 aliphatic heterocycles. The van der Waals surface area contributed by atoms with E-state index in [1.807, 2.05) is 29.3 Å². The largest absolute Gasteiger partial charge is 0.453 e. The lowest BCUT2D eigenvalue weighted by molar-refractivity contribution is -0.137. The second-order valence-corrected chi connectivity index (χ2v) is 16.9. The molecule has 4 amide bonds. The number of alkyl carbamates (subject to hydrolysis) is 2. The quantitative estimate of drug-likeness (QED) is 0.0937. The van der Waals surface area contributed by atoms with Gasteiger partial charge >= 0.3 is 12.2 Å². The van der Waals surface area contributed by atoms with Gasteiger partial charge in [0.05, 0.1) is 50.1 Å². The van der Waals surface area contributed by atoms with Crippen molar-refractivity contribution in [3.63, 3.8) is 0 Å². The van der Waals surface area contributed by atoms with E-state index in [0.29, 0.717) is 57.0 Å². The SMILES string of the molecule is C=C1C[C@@H](c2ncc(-c3ccc(-c4ccc5cc(-c6cnc([C@@H]7CCCN7C(=O)[C@@H](NC(=O)OC)C7CCOCC7)[nH]6)ccc5c4)cc3)[nH]2)N(C(=O)C(NC(=O)OC)c2ccccc2)C1. The van der Waals surface area contributed by atoms with Crippen molar-refractivity contribution in [2.45, 2.75) is 56.3 Å². The first-order chi connectivity index (χ1) is 31.7. The van der Waals surface area contributed by atoms with Gasteiger partial charge in [0.2, 0.25) is 5.91 Å². The van der Waals surface area contributed by atoms with Gasteiger partial charge in [0, 0.05) is 31.9 Å². The first-order valence-electron chi connectivity index (χ1n) is 22.0. The number of aromatic amines is 2. The molecule has 4 N–H and O–H groups in total. The molecule has 0 radical (unpaired) electrons. The van der Waals surface area contributed by atoms with Crippen molar-refractivity contribution in [2.75, 3.05) is 40.5 Å². The number of carbonyl (C=O) groups excluding carboxylic acids is 4. The van der Waals surface area contributed by atoms with E-state index < -0.39 is 24.3 Å². The third-order valence-electron chi connectivity index (χ3n) is 12.9. The van der Waals surface area contributed by atoms with Gasteiger partial charge in [-0.25, -0.2) is 19.6 Å². The number of hydrogen-bond acceptors (Lipinski definition) is 9. The lowest BCUT2D eigenvalue weighted by atomic mass is 9.90. The average Bonchev–Trinajstić information content (AvgIpc) is 4.20. The minimum absolute atomic E-state index is 0.0334. The van der Waals surface area contributed by atoms with Crippen LogP contribution in [0.2, 0.25) is 0 Å². The zero-order chi connectivity index (χ0) is 45.0. The Kier molecular flexibility index (Phi) is 12.5. The second kappa shape index (κ2) is 18.8. The van der Waals surface area contributed by atoms with Crippen LogP contribution in [0.1, 0.15) is 67.4 Å². The molecule has 15 heteroatoms. The predicted octanol–water partition coefficient (Wildman–Crippen LogP) is 8.03. The number of amides is 4. The monoisotopic (exact) mass is 876 g/mol. The molecule has 0 spiro atoms. The number of nitrogens with one attached hydrogen (secondary N) is 4. The number of H-pyrrole nitrogens is 2. The first kappa shape index (κ1) is 43.0. The number of fused-ring (bicyclic) bond motifs is 1. The molecule has 3 saturated heterocycles. The zero-order valence-electron chi connectivity index (χ0n) is 36.4. The van der Waals surface area contributed by atoms with Crippen LogP contribution in [0.3, 0.4) is 0 Å². The highest BCUT2D eigenvalue weighted by atomic mass is 16.5. The third-order valence-corrected chi connectivity index (χ3v) is 12.9. The van der Waals surface area contributed by atoms with Gasteiger partial charge in [-0.1, -0.05) is 91.0 Å². The van der Waals surface area contributed by atoms with Gasteiger partial charge in [-0.15, -0.1) is 0 Å². The maximum atomic E-state index is 14.0. The molecular weight excluding hydrogens is 825 g/mol. The van der Waals surface area contributed by atoms with Crippen LogP contribution in [0.4, 0.5) is 9.59 Å². The number of carbonyl (C=O) groups is 4. The Bertz CT molecular complexity index is 2710. The maximum absolute atomic E-state index is 14.0. The topological polar surface area (TPSA) is 184 Å². The van der Waals surface area contributed by atoms with Crippen LogP contribution in [0, 0.1) is 5.92 Å². The maximum Gasteiger partial charge on any atom is 0.407 e. The summed E-state index contributed by atoms with van der Waals surface area (Å²) in [5.74, 6) is 0.939. The van der Waals surface area contributed by atoms with E-state index in [1.165, 1.54) is 14.2 Å². The van der Waals surface area contributed by atoms with Crippen LogP contribution in [0.25, 0.3) is 44.4 Å². The minimum Gasteiger partial charge on any atom is -0.453 e. The molecule has 4 atom stereocenters. The summed E-state index contributed by atoms with van der Waals surface area (Å²) in [7, 11) is 2.58. The van der Waals surface area contributed by atoms with Gasteiger partial charge in [-0.05, 0) is 83.2 Å². The van der Waals surface area contributed by atoms with E-state index in [4.69, 9.17) is 24.2 Å². The number of imidazole rings is 2. The molecule has 334 valence electrons. The normalized spacial score (nSPS) is 18.6. The van der Waals surface area contributed by atoms with E-state index >= 15 is 0 Å². The predicted molar refractivity (Wildman–Crippen MR) is 244 cm³/mol. The molecule has 6 aromatic rings. The number of nitrogens with zero attached hydrogens (tertiary/aromatic N) is 4. The number of likely N-dealkylation sites (tertiary alicyclic amines) is 2. The Morgan fingerprint density at radius 2 is 1.31 bits per heavy atom. The van der Waals surface area contributed by atoms with Gasteiger partial charge in [0.15, 0.2) is 0 Å². The summed E-state index contributed by atoms with van der Waals surface area (Å²) in [6.07, 6.45) is 5.83. The molecule has 65 heavy (non-hydrogen) atoms. The summed E-state index contributed by atoms with van der Waals surface area (Å²) in [4.78, 5) is 72.7. The first-order valence-corrected chi connectivity index (χ1v) is 22.0. The number of rotatable bonds is 11. The number of methoxy groups -OCH3 is 2.